The average molecular weight is 167 g/mol. The molecule has 0 heterocycles. The SMILES string of the molecule is CSCCC1(N)CC1(F)F. The molecule has 0 bridgehead atoms. The lowest BCUT2D eigenvalue weighted by molar-refractivity contribution is 0.0888. The summed E-state index contributed by atoms with van der Waals surface area (Å²) in [6.07, 6.45) is 2.20. The Bertz CT molecular complexity index is 140. The fourth-order valence-corrected chi connectivity index (χ4v) is 1.48. The molecule has 1 fully saturated rings. The monoisotopic (exact) mass is 167 g/mol. The highest BCUT2D eigenvalue weighted by Gasteiger charge is 2.68. The van der Waals surface area contributed by atoms with Crippen molar-refractivity contribution in [1.82, 2.24) is 0 Å². The molecule has 0 aromatic rings. The number of halogens is 2. The Kier molecular flexibility index (Phi) is 1.94. The molecule has 1 unspecified atom stereocenters. The minimum atomic E-state index is -2.58. The third-order valence-electron chi connectivity index (χ3n) is 1.89. The number of hydrogen-bond donors (Lipinski definition) is 1. The van der Waals surface area contributed by atoms with E-state index in [9.17, 15) is 8.78 Å². The molecule has 0 amide bonds. The smallest absolute Gasteiger partial charge is 0.267 e. The first-order chi connectivity index (χ1) is 4.52. The number of alkyl halides is 2. The number of nitrogens with two attached hydrogens (primary N) is 1. The van der Waals surface area contributed by atoms with E-state index in [1.807, 2.05) is 6.26 Å². The summed E-state index contributed by atoms with van der Waals surface area (Å²) in [7, 11) is 0. The molecule has 2 N–H and O–H groups in total. The number of rotatable bonds is 3. The molecule has 1 aliphatic carbocycles. The summed E-state index contributed by atoms with van der Waals surface area (Å²) >= 11 is 1.56. The van der Waals surface area contributed by atoms with Gasteiger partial charge in [-0.25, -0.2) is 8.78 Å². The van der Waals surface area contributed by atoms with Gasteiger partial charge in [0.2, 0.25) is 0 Å². The van der Waals surface area contributed by atoms with Gasteiger partial charge in [0.1, 0.15) is 0 Å². The van der Waals surface area contributed by atoms with Gasteiger partial charge in [-0.05, 0) is 18.4 Å². The zero-order chi connectivity index (χ0) is 7.83. The van der Waals surface area contributed by atoms with Gasteiger partial charge in [0.15, 0.2) is 0 Å². The van der Waals surface area contributed by atoms with Gasteiger partial charge >= 0.3 is 0 Å². The zero-order valence-electron chi connectivity index (χ0n) is 5.86. The second-order valence-corrected chi connectivity index (χ2v) is 3.77. The highest BCUT2D eigenvalue weighted by Crippen LogP contribution is 2.52. The fraction of sp³-hybridized carbons (Fsp3) is 1.00. The Morgan fingerprint density at radius 1 is 1.60 bits per heavy atom. The maximum absolute atomic E-state index is 12.4. The van der Waals surface area contributed by atoms with Crippen LogP contribution in [0.25, 0.3) is 0 Å². The summed E-state index contributed by atoms with van der Waals surface area (Å²) in [5, 5.41) is 0. The van der Waals surface area contributed by atoms with Crippen LogP contribution in [0.5, 0.6) is 0 Å². The van der Waals surface area contributed by atoms with E-state index in [2.05, 4.69) is 0 Å². The van der Waals surface area contributed by atoms with Crippen LogP contribution in [-0.2, 0) is 0 Å². The van der Waals surface area contributed by atoms with Crippen LogP contribution in [-0.4, -0.2) is 23.5 Å². The Hall–Kier alpha value is 0.170. The largest absolute Gasteiger partial charge is 0.320 e. The molecule has 0 aromatic carbocycles. The summed E-state index contributed by atoms with van der Waals surface area (Å²) in [5.74, 6) is -1.85. The Labute approximate surface area is 63.4 Å². The Morgan fingerprint density at radius 2 is 2.10 bits per heavy atom. The normalized spacial score (nSPS) is 36.0. The molecule has 0 aliphatic heterocycles. The first-order valence-corrected chi connectivity index (χ1v) is 4.57. The number of hydrogen-bond acceptors (Lipinski definition) is 2. The second kappa shape index (κ2) is 2.34. The third-order valence-corrected chi connectivity index (χ3v) is 2.51. The van der Waals surface area contributed by atoms with Crippen LogP contribution in [0, 0.1) is 0 Å². The van der Waals surface area contributed by atoms with E-state index in [1.165, 1.54) is 0 Å². The molecule has 10 heavy (non-hydrogen) atoms. The van der Waals surface area contributed by atoms with Crippen LogP contribution in [0.1, 0.15) is 12.8 Å². The summed E-state index contributed by atoms with van der Waals surface area (Å²) in [4.78, 5) is 0. The third kappa shape index (κ3) is 1.27. The summed E-state index contributed by atoms with van der Waals surface area (Å²) in [5.41, 5.74) is 4.19. The van der Waals surface area contributed by atoms with E-state index >= 15 is 0 Å². The van der Waals surface area contributed by atoms with Gasteiger partial charge in [0.05, 0.1) is 5.54 Å². The molecule has 1 rings (SSSR count). The maximum Gasteiger partial charge on any atom is 0.267 e. The molecule has 0 spiro atoms. The van der Waals surface area contributed by atoms with Crippen molar-refractivity contribution in [1.29, 1.82) is 0 Å². The highest BCUT2D eigenvalue weighted by molar-refractivity contribution is 7.98. The lowest BCUT2D eigenvalue weighted by Gasteiger charge is -2.07. The molecule has 0 radical (unpaired) electrons. The molecule has 1 nitrogen and oxygen atoms in total. The van der Waals surface area contributed by atoms with Gasteiger partial charge in [-0.15, -0.1) is 0 Å². The maximum atomic E-state index is 12.4. The lowest BCUT2D eigenvalue weighted by Crippen LogP contribution is -2.30. The fourth-order valence-electron chi connectivity index (χ4n) is 0.907. The molecule has 0 aromatic heterocycles. The summed E-state index contributed by atoms with van der Waals surface area (Å²) in [6, 6.07) is 0. The van der Waals surface area contributed by atoms with E-state index in [0.29, 0.717) is 6.42 Å². The topological polar surface area (TPSA) is 26.0 Å². The van der Waals surface area contributed by atoms with Gasteiger partial charge in [0, 0.05) is 6.42 Å². The van der Waals surface area contributed by atoms with E-state index < -0.39 is 11.5 Å². The van der Waals surface area contributed by atoms with E-state index in [-0.39, 0.29) is 6.42 Å². The predicted octanol–water partition coefficient (Wildman–Crippen LogP) is 1.48. The molecular weight excluding hydrogens is 156 g/mol. The van der Waals surface area contributed by atoms with Crippen molar-refractivity contribution in [3.63, 3.8) is 0 Å². The van der Waals surface area contributed by atoms with Crippen LogP contribution < -0.4 is 5.73 Å². The summed E-state index contributed by atoms with van der Waals surface area (Å²) < 4.78 is 24.7. The van der Waals surface area contributed by atoms with Gasteiger partial charge in [-0.3, -0.25) is 0 Å². The molecule has 0 saturated heterocycles. The van der Waals surface area contributed by atoms with Crippen molar-refractivity contribution in [3.05, 3.63) is 0 Å². The number of thioether (sulfide) groups is 1. The molecular formula is C6H11F2NS. The molecule has 4 heteroatoms. The first-order valence-electron chi connectivity index (χ1n) is 3.17. The van der Waals surface area contributed by atoms with Crippen LogP contribution in [0.15, 0.2) is 0 Å². The molecule has 1 atom stereocenters. The van der Waals surface area contributed by atoms with Gasteiger partial charge in [-0.1, -0.05) is 0 Å². The zero-order valence-corrected chi connectivity index (χ0v) is 6.68. The van der Waals surface area contributed by atoms with Crippen LogP contribution in [0.4, 0.5) is 8.78 Å². The Morgan fingerprint density at radius 3 is 2.40 bits per heavy atom. The van der Waals surface area contributed by atoms with Gasteiger partial charge in [-0.2, -0.15) is 11.8 Å². The van der Waals surface area contributed by atoms with E-state index in [4.69, 9.17) is 5.73 Å². The first kappa shape index (κ1) is 8.27. The minimum Gasteiger partial charge on any atom is -0.320 e. The van der Waals surface area contributed by atoms with Crippen molar-refractivity contribution < 1.29 is 8.78 Å². The van der Waals surface area contributed by atoms with Crippen molar-refractivity contribution in [2.75, 3.05) is 12.0 Å². The standard InChI is InChI=1S/C6H11F2NS/c1-10-3-2-5(9)4-6(5,7)8/h2-4,9H2,1H3. The highest BCUT2D eigenvalue weighted by atomic mass is 32.2. The van der Waals surface area contributed by atoms with Crippen LogP contribution in [0.3, 0.4) is 0 Å². The van der Waals surface area contributed by atoms with Gasteiger partial charge in [0.25, 0.3) is 5.92 Å². The lowest BCUT2D eigenvalue weighted by atomic mass is 10.2. The summed E-state index contributed by atoms with van der Waals surface area (Å²) in [6.45, 7) is 0. The van der Waals surface area contributed by atoms with E-state index in [0.717, 1.165) is 5.75 Å². The van der Waals surface area contributed by atoms with Crippen molar-refractivity contribution in [2.24, 2.45) is 5.73 Å². The average Bonchev–Trinajstić information content (AvgIpc) is 2.29. The van der Waals surface area contributed by atoms with Crippen molar-refractivity contribution in [2.45, 2.75) is 24.3 Å². The molecule has 1 saturated carbocycles. The van der Waals surface area contributed by atoms with Crippen molar-refractivity contribution in [3.8, 4) is 0 Å². The van der Waals surface area contributed by atoms with Crippen molar-refractivity contribution >= 4 is 11.8 Å². The molecule has 1 aliphatic rings. The van der Waals surface area contributed by atoms with Gasteiger partial charge < -0.3 is 5.73 Å². The van der Waals surface area contributed by atoms with Crippen LogP contribution in [0.2, 0.25) is 0 Å². The second-order valence-electron chi connectivity index (χ2n) is 2.78. The van der Waals surface area contributed by atoms with E-state index in [1.54, 1.807) is 11.8 Å². The predicted molar refractivity (Wildman–Crippen MR) is 39.5 cm³/mol. The van der Waals surface area contributed by atoms with Crippen LogP contribution >= 0.6 is 11.8 Å². The molecule has 60 valence electrons. The Balaban J connectivity index is 2.30. The quantitative estimate of drug-likeness (QED) is 0.689. The minimum absolute atomic E-state index is 0.124.